The van der Waals surface area contributed by atoms with Gasteiger partial charge in [-0.1, -0.05) is 0 Å². The van der Waals surface area contributed by atoms with Crippen LogP contribution in [0.25, 0.3) is 10.9 Å². The Kier molecular flexibility index (Phi) is 5.79. The van der Waals surface area contributed by atoms with Crippen molar-refractivity contribution in [3.63, 3.8) is 0 Å². The van der Waals surface area contributed by atoms with Gasteiger partial charge in [0.25, 0.3) is 11.2 Å². The Morgan fingerprint density at radius 1 is 1.00 bits per heavy atom. The summed E-state index contributed by atoms with van der Waals surface area (Å²) < 4.78 is 96.1. The lowest BCUT2D eigenvalue weighted by molar-refractivity contribution is -0.395. The molecule has 2 fully saturated rings. The van der Waals surface area contributed by atoms with Gasteiger partial charge in [0.2, 0.25) is 0 Å². The topological polar surface area (TPSA) is 98.6 Å². The highest BCUT2D eigenvalue weighted by Gasteiger charge is 2.75. The molecule has 1 aromatic carbocycles. The Labute approximate surface area is 192 Å². The van der Waals surface area contributed by atoms with Crippen LogP contribution < -0.4 is 16.1 Å². The molecule has 1 aromatic heterocycles. The van der Waals surface area contributed by atoms with Crippen molar-refractivity contribution in [3.8, 4) is 0 Å². The van der Waals surface area contributed by atoms with E-state index in [1.165, 1.54) is 23.3 Å². The number of hydrogen-bond acceptors (Lipinski definition) is 5. The molecule has 2 aromatic rings. The van der Waals surface area contributed by atoms with E-state index in [9.17, 15) is 46.1 Å². The lowest BCUT2D eigenvalue weighted by atomic mass is 9.85. The Balaban J connectivity index is 1.80. The number of aromatic nitrogens is 2. The maximum atomic E-state index is 15.5. The number of aliphatic hydroxyl groups is 2. The lowest BCUT2D eigenvalue weighted by Gasteiger charge is -2.38. The molecule has 2 unspecified atom stereocenters. The maximum Gasteiger partial charge on any atom is 0.428 e. The average Bonchev–Trinajstić information content (AvgIpc) is 3.45. The molecule has 2 atom stereocenters. The molecule has 1 saturated heterocycles. The number of alkyl halides is 6. The molecule has 35 heavy (non-hydrogen) atoms. The van der Waals surface area contributed by atoms with Crippen LogP contribution in [0.5, 0.6) is 0 Å². The minimum atomic E-state index is -6.21. The van der Waals surface area contributed by atoms with Crippen LogP contribution in [-0.4, -0.2) is 56.9 Å². The zero-order valence-electron chi connectivity index (χ0n) is 18.5. The van der Waals surface area contributed by atoms with E-state index < -0.39 is 60.0 Å². The number of anilines is 1. The smallest absolute Gasteiger partial charge is 0.389 e. The van der Waals surface area contributed by atoms with Crippen LogP contribution in [0.1, 0.15) is 36.4 Å². The van der Waals surface area contributed by atoms with Gasteiger partial charge in [-0.2, -0.15) is 26.3 Å². The van der Waals surface area contributed by atoms with Gasteiger partial charge in [0.05, 0.1) is 16.6 Å². The standard InChI is InChI=1S/C21H22F7N3O4/c1-8-12-14(31(11-3-4-11)18(34)29-17(12)33)9(2)15(13(8)22)30-6-5-10(7-30)16(32)19(35,20(23,24)25)21(26,27)28/h10-11,16,32,35H,3-7H2,1-2H3,(H,29,33,34). The quantitative estimate of drug-likeness (QED) is 0.547. The van der Waals surface area contributed by atoms with Crippen LogP contribution >= 0.6 is 0 Å². The lowest BCUT2D eigenvalue weighted by Crippen LogP contribution is -2.66. The summed E-state index contributed by atoms with van der Waals surface area (Å²) in [5.41, 5.74) is -6.96. The van der Waals surface area contributed by atoms with E-state index in [1.807, 2.05) is 0 Å². The van der Waals surface area contributed by atoms with Gasteiger partial charge in [-0.15, -0.1) is 0 Å². The number of rotatable bonds is 4. The number of H-pyrrole nitrogens is 1. The van der Waals surface area contributed by atoms with E-state index in [0.29, 0.717) is 12.8 Å². The predicted molar refractivity (Wildman–Crippen MR) is 110 cm³/mol. The van der Waals surface area contributed by atoms with Crippen molar-refractivity contribution in [1.82, 2.24) is 9.55 Å². The van der Waals surface area contributed by atoms with E-state index in [1.54, 1.807) is 0 Å². The molecule has 1 aliphatic heterocycles. The van der Waals surface area contributed by atoms with Gasteiger partial charge in [0.1, 0.15) is 6.10 Å². The molecular formula is C21H22F7N3O4. The summed E-state index contributed by atoms with van der Waals surface area (Å²) >= 11 is 0. The van der Waals surface area contributed by atoms with E-state index in [2.05, 4.69) is 4.98 Å². The fraction of sp³-hybridized carbons (Fsp3) is 0.619. The summed E-state index contributed by atoms with van der Waals surface area (Å²) in [6, 6.07) is -0.236. The average molecular weight is 513 g/mol. The molecular weight excluding hydrogens is 491 g/mol. The number of benzene rings is 1. The van der Waals surface area contributed by atoms with E-state index in [-0.39, 0.29) is 40.3 Å². The molecule has 4 rings (SSSR count). The first-order valence-corrected chi connectivity index (χ1v) is 10.8. The summed E-state index contributed by atoms with van der Waals surface area (Å²) in [6.45, 7) is 1.83. The largest absolute Gasteiger partial charge is 0.428 e. The summed E-state index contributed by atoms with van der Waals surface area (Å²) in [7, 11) is 0. The van der Waals surface area contributed by atoms with Gasteiger partial charge in [0, 0.05) is 36.2 Å². The van der Waals surface area contributed by atoms with Crippen molar-refractivity contribution in [3.05, 3.63) is 37.8 Å². The molecule has 0 spiro atoms. The van der Waals surface area contributed by atoms with Gasteiger partial charge in [0.15, 0.2) is 5.82 Å². The fourth-order valence-electron chi connectivity index (χ4n) is 4.97. The van der Waals surface area contributed by atoms with E-state index in [0.717, 1.165) is 0 Å². The third-order valence-electron chi connectivity index (χ3n) is 6.96. The number of fused-ring (bicyclic) bond motifs is 1. The third kappa shape index (κ3) is 3.72. The van der Waals surface area contributed by atoms with Crippen molar-refractivity contribution in [2.24, 2.45) is 5.92 Å². The molecule has 0 amide bonds. The van der Waals surface area contributed by atoms with Gasteiger partial charge in [-0.05, 0) is 33.1 Å². The van der Waals surface area contributed by atoms with Crippen molar-refractivity contribution in [1.29, 1.82) is 0 Å². The van der Waals surface area contributed by atoms with Crippen LogP contribution in [0, 0.1) is 25.6 Å². The molecule has 0 bridgehead atoms. The number of nitrogens with one attached hydrogen (secondary N) is 1. The molecule has 3 N–H and O–H groups in total. The number of aryl methyl sites for hydroxylation is 2. The Morgan fingerprint density at radius 2 is 1.57 bits per heavy atom. The van der Waals surface area contributed by atoms with Gasteiger partial charge in [-0.3, -0.25) is 14.3 Å². The second-order valence-corrected chi connectivity index (χ2v) is 9.20. The number of aromatic amines is 1. The third-order valence-corrected chi connectivity index (χ3v) is 6.96. The molecule has 194 valence electrons. The zero-order valence-corrected chi connectivity index (χ0v) is 18.5. The molecule has 14 heteroatoms. The number of nitrogens with zero attached hydrogens (tertiary/aromatic N) is 2. The minimum absolute atomic E-state index is 0.0745. The summed E-state index contributed by atoms with van der Waals surface area (Å²) in [4.78, 5) is 28.3. The van der Waals surface area contributed by atoms with Crippen molar-refractivity contribution < 1.29 is 40.9 Å². The molecule has 1 aliphatic carbocycles. The second kappa shape index (κ2) is 7.95. The number of hydrogen-bond donors (Lipinski definition) is 3. The zero-order chi connectivity index (χ0) is 26.2. The number of aliphatic hydroxyl groups excluding tert-OH is 1. The molecule has 7 nitrogen and oxygen atoms in total. The van der Waals surface area contributed by atoms with Crippen molar-refractivity contribution in [2.45, 2.75) is 63.2 Å². The van der Waals surface area contributed by atoms with Gasteiger partial charge >= 0.3 is 18.0 Å². The van der Waals surface area contributed by atoms with Crippen LogP contribution in [0.4, 0.5) is 36.4 Å². The second-order valence-electron chi connectivity index (χ2n) is 9.20. The van der Waals surface area contributed by atoms with Gasteiger partial charge in [-0.25, -0.2) is 9.18 Å². The summed E-state index contributed by atoms with van der Waals surface area (Å²) in [6.07, 6.45) is -14.8. The van der Waals surface area contributed by atoms with Crippen LogP contribution in [0.2, 0.25) is 0 Å². The molecule has 2 heterocycles. The van der Waals surface area contributed by atoms with Crippen LogP contribution in [0.3, 0.4) is 0 Å². The van der Waals surface area contributed by atoms with E-state index in [4.69, 9.17) is 0 Å². The van der Waals surface area contributed by atoms with Gasteiger partial charge < -0.3 is 15.1 Å². The van der Waals surface area contributed by atoms with Crippen LogP contribution in [-0.2, 0) is 0 Å². The summed E-state index contributed by atoms with van der Waals surface area (Å²) in [5.74, 6) is -2.62. The highest BCUT2D eigenvalue weighted by Crippen LogP contribution is 2.48. The Hall–Kier alpha value is -2.61. The predicted octanol–water partition coefficient (Wildman–Crippen LogP) is 2.82. The first-order chi connectivity index (χ1) is 16.0. The molecule has 0 radical (unpaired) electrons. The normalized spacial score (nSPS) is 20.7. The minimum Gasteiger partial charge on any atom is -0.389 e. The first-order valence-electron chi connectivity index (χ1n) is 10.8. The maximum absolute atomic E-state index is 15.5. The molecule has 1 saturated carbocycles. The fourth-order valence-corrected chi connectivity index (χ4v) is 4.97. The molecule has 2 aliphatic rings. The Bertz CT molecular complexity index is 1280. The van der Waals surface area contributed by atoms with Crippen LogP contribution in [0.15, 0.2) is 9.59 Å². The van der Waals surface area contributed by atoms with Crippen molar-refractivity contribution >= 4 is 16.6 Å². The highest BCUT2D eigenvalue weighted by molar-refractivity contribution is 5.90. The number of halogens is 7. The first kappa shape index (κ1) is 25.5. The summed E-state index contributed by atoms with van der Waals surface area (Å²) in [5, 5.41) is 19.6. The SMILES string of the molecule is Cc1c(F)c(N2CCC(C(O)C(O)(C(F)(F)F)C(F)(F)F)C2)c(C)c2c1c(=O)[nH]c(=O)n2C1CC1. The highest BCUT2D eigenvalue weighted by atomic mass is 19.4. The van der Waals surface area contributed by atoms with Crippen molar-refractivity contribution in [2.75, 3.05) is 18.0 Å². The Morgan fingerprint density at radius 3 is 2.09 bits per heavy atom. The van der Waals surface area contributed by atoms with E-state index >= 15 is 4.39 Å². The monoisotopic (exact) mass is 513 g/mol.